The zero-order chi connectivity index (χ0) is 5.21. The summed E-state index contributed by atoms with van der Waals surface area (Å²) in [6.45, 7) is 3.06. The minimum atomic E-state index is -1.46. The van der Waals surface area contributed by atoms with E-state index in [4.69, 9.17) is 10.2 Å². The van der Waals surface area contributed by atoms with E-state index in [0.29, 0.717) is 6.42 Å². The highest BCUT2D eigenvalue weighted by Crippen LogP contribution is 1.99. The van der Waals surface area contributed by atoms with E-state index in [1.807, 2.05) is 0 Å². The van der Waals surface area contributed by atoms with E-state index in [-0.39, 0.29) is 6.15 Å². The van der Waals surface area contributed by atoms with Crippen molar-refractivity contribution in [3.05, 3.63) is 0 Å². The smallest absolute Gasteiger partial charge is 0.159 e. The van der Waals surface area contributed by atoms with Crippen LogP contribution in [-0.4, -0.2) is 16.0 Å². The highest BCUT2D eigenvalue weighted by molar-refractivity contribution is 4.47. The maximum Gasteiger partial charge on any atom is 0.159 e. The fourth-order valence-electron chi connectivity index (χ4n) is 0. The molecule has 3 heteroatoms. The van der Waals surface area contributed by atoms with Gasteiger partial charge in [0.15, 0.2) is 5.79 Å². The second kappa shape index (κ2) is 2.96. The maximum atomic E-state index is 8.38. The van der Waals surface area contributed by atoms with Gasteiger partial charge in [-0.2, -0.15) is 0 Å². The molecule has 0 bridgehead atoms. The average molecular weight is 107 g/mol. The highest BCUT2D eigenvalue weighted by Gasteiger charge is 2.08. The Labute approximate surface area is 43.6 Å². The molecule has 0 aliphatic rings. The lowest BCUT2D eigenvalue weighted by molar-refractivity contribution is -0.145. The standard InChI is InChI=1S/C4H10O2.H3N/c1-3-4(2,5)6;/h5-6H,3H2,1-2H3;1H3. The highest BCUT2D eigenvalue weighted by atomic mass is 16.5. The molecule has 0 rings (SSSR count). The van der Waals surface area contributed by atoms with Crippen LogP contribution in [0.3, 0.4) is 0 Å². The van der Waals surface area contributed by atoms with Crippen molar-refractivity contribution in [3.63, 3.8) is 0 Å². The topological polar surface area (TPSA) is 75.5 Å². The molecule has 0 saturated carbocycles. The molecular formula is C4H13NO2. The van der Waals surface area contributed by atoms with E-state index >= 15 is 0 Å². The molecule has 3 nitrogen and oxygen atoms in total. The Morgan fingerprint density at radius 2 is 1.57 bits per heavy atom. The lowest BCUT2D eigenvalue weighted by Crippen LogP contribution is -2.20. The van der Waals surface area contributed by atoms with Crippen molar-refractivity contribution >= 4 is 0 Å². The summed E-state index contributed by atoms with van der Waals surface area (Å²) < 4.78 is 0. The summed E-state index contributed by atoms with van der Waals surface area (Å²) in [6, 6.07) is 0. The van der Waals surface area contributed by atoms with Gasteiger partial charge in [-0.1, -0.05) is 6.92 Å². The molecule has 0 aromatic carbocycles. The van der Waals surface area contributed by atoms with Gasteiger partial charge in [0.1, 0.15) is 0 Å². The lowest BCUT2D eigenvalue weighted by atomic mass is 10.3. The van der Waals surface area contributed by atoms with Crippen LogP contribution in [0.25, 0.3) is 0 Å². The Morgan fingerprint density at radius 1 is 1.43 bits per heavy atom. The van der Waals surface area contributed by atoms with E-state index in [2.05, 4.69) is 0 Å². The van der Waals surface area contributed by atoms with Gasteiger partial charge in [0, 0.05) is 0 Å². The monoisotopic (exact) mass is 107 g/mol. The molecule has 7 heavy (non-hydrogen) atoms. The Bertz CT molecular complexity index is 39.4. The fraction of sp³-hybridized carbons (Fsp3) is 1.00. The molecule has 0 spiro atoms. The predicted molar refractivity (Wildman–Crippen MR) is 28.2 cm³/mol. The summed E-state index contributed by atoms with van der Waals surface area (Å²) >= 11 is 0. The molecule has 0 radical (unpaired) electrons. The van der Waals surface area contributed by atoms with Crippen molar-refractivity contribution < 1.29 is 10.2 Å². The van der Waals surface area contributed by atoms with Gasteiger partial charge in [0.05, 0.1) is 0 Å². The van der Waals surface area contributed by atoms with Crippen LogP contribution in [0.15, 0.2) is 0 Å². The molecule has 0 aliphatic carbocycles. The third-order valence-corrected chi connectivity index (χ3v) is 0.670. The Kier molecular flexibility index (Phi) is 4.22. The van der Waals surface area contributed by atoms with Crippen molar-refractivity contribution in [2.75, 3.05) is 0 Å². The minimum Gasteiger partial charge on any atom is -0.366 e. The Hall–Kier alpha value is -0.120. The molecule has 0 heterocycles. The largest absolute Gasteiger partial charge is 0.366 e. The van der Waals surface area contributed by atoms with Crippen molar-refractivity contribution in [2.24, 2.45) is 0 Å². The molecule has 0 amide bonds. The van der Waals surface area contributed by atoms with Gasteiger partial charge in [-0.3, -0.25) is 0 Å². The third-order valence-electron chi connectivity index (χ3n) is 0.670. The lowest BCUT2D eigenvalue weighted by Gasteiger charge is -2.10. The van der Waals surface area contributed by atoms with Gasteiger partial charge < -0.3 is 16.4 Å². The van der Waals surface area contributed by atoms with Gasteiger partial charge in [-0.15, -0.1) is 0 Å². The van der Waals surface area contributed by atoms with E-state index in [1.165, 1.54) is 6.92 Å². The molecule has 0 saturated heterocycles. The summed E-state index contributed by atoms with van der Waals surface area (Å²) in [5.41, 5.74) is 0. The second-order valence-electron chi connectivity index (χ2n) is 1.57. The van der Waals surface area contributed by atoms with Gasteiger partial charge in [-0.25, -0.2) is 0 Å². The zero-order valence-electron chi connectivity index (χ0n) is 4.81. The first-order valence-corrected chi connectivity index (χ1v) is 2.01. The van der Waals surface area contributed by atoms with Crippen LogP contribution in [-0.2, 0) is 0 Å². The van der Waals surface area contributed by atoms with Crippen LogP contribution in [0, 0.1) is 0 Å². The Balaban J connectivity index is 0. The van der Waals surface area contributed by atoms with Gasteiger partial charge in [0.2, 0.25) is 0 Å². The first-order chi connectivity index (χ1) is 2.56. The van der Waals surface area contributed by atoms with E-state index in [1.54, 1.807) is 6.92 Å². The zero-order valence-corrected chi connectivity index (χ0v) is 4.81. The van der Waals surface area contributed by atoms with Crippen LogP contribution in [0.2, 0.25) is 0 Å². The summed E-state index contributed by atoms with van der Waals surface area (Å²) in [7, 11) is 0. The van der Waals surface area contributed by atoms with Gasteiger partial charge >= 0.3 is 0 Å². The summed E-state index contributed by atoms with van der Waals surface area (Å²) in [6.07, 6.45) is 0.382. The molecule has 0 atom stereocenters. The van der Waals surface area contributed by atoms with Crippen LogP contribution in [0.1, 0.15) is 20.3 Å². The predicted octanol–water partition coefficient (Wildman–Crippen LogP) is 0.259. The number of hydrogen-bond acceptors (Lipinski definition) is 3. The van der Waals surface area contributed by atoms with Crippen LogP contribution in [0.4, 0.5) is 0 Å². The first kappa shape index (κ1) is 9.99. The second-order valence-corrected chi connectivity index (χ2v) is 1.57. The maximum absolute atomic E-state index is 8.38. The molecule has 0 aromatic rings. The van der Waals surface area contributed by atoms with E-state index in [0.717, 1.165) is 0 Å². The number of rotatable bonds is 1. The molecule has 0 unspecified atom stereocenters. The summed E-state index contributed by atoms with van der Waals surface area (Å²) in [5, 5.41) is 16.8. The van der Waals surface area contributed by atoms with Crippen molar-refractivity contribution in [1.82, 2.24) is 6.15 Å². The quantitative estimate of drug-likeness (QED) is 0.421. The fourth-order valence-corrected chi connectivity index (χ4v) is 0. The van der Waals surface area contributed by atoms with Crippen molar-refractivity contribution in [2.45, 2.75) is 26.1 Å². The van der Waals surface area contributed by atoms with Crippen LogP contribution < -0.4 is 6.15 Å². The molecule has 0 aliphatic heterocycles. The SMILES string of the molecule is CCC(C)(O)O.N. The third kappa shape index (κ3) is 10.7. The van der Waals surface area contributed by atoms with Crippen molar-refractivity contribution in [1.29, 1.82) is 0 Å². The number of hydrogen-bond donors (Lipinski definition) is 3. The minimum absolute atomic E-state index is 0. The van der Waals surface area contributed by atoms with Crippen LogP contribution >= 0.6 is 0 Å². The summed E-state index contributed by atoms with van der Waals surface area (Å²) in [4.78, 5) is 0. The van der Waals surface area contributed by atoms with Gasteiger partial charge in [0.25, 0.3) is 0 Å². The molecule has 0 aromatic heterocycles. The number of aliphatic hydroxyl groups is 2. The normalized spacial score (nSPS) is 10.3. The molecule has 0 fully saturated rings. The summed E-state index contributed by atoms with van der Waals surface area (Å²) in [5.74, 6) is -1.46. The van der Waals surface area contributed by atoms with Crippen LogP contribution in [0.5, 0.6) is 0 Å². The van der Waals surface area contributed by atoms with E-state index in [9.17, 15) is 0 Å². The molecule has 5 N–H and O–H groups in total. The average Bonchev–Trinajstić information content (AvgIpc) is 1.35. The molecule has 46 valence electrons. The molecular weight excluding hydrogens is 94.0 g/mol. The van der Waals surface area contributed by atoms with Crippen molar-refractivity contribution in [3.8, 4) is 0 Å². The first-order valence-electron chi connectivity index (χ1n) is 2.01. The van der Waals surface area contributed by atoms with E-state index < -0.39 is 5.79 Å². The van der Waals surface area contributed by atoms with Gasteiger partial charge in [-0.05, 0) is 13.3 Å². The Morgan fingerprint density at radius 3 is 1.57 bits per heavy atom.